The van der Waals surface area contributed by atoms with E-state index in [1.54, 1.807) is 11.0 Å². The second-order valence-corrected chi connectivity index (χ2v) is 5.50. The molecule has 0 N–H and O–H groups in total. The van der Waals surface area contributed by atoms with Gasteiger partial charge in [-0.1, -0.05) is 46.9 Å². The number of carbonyl (C=O) groups is 1. The topological polar surface area (TPSA) is 46.1 Å². The van der Waals surface area contributed by atoms with Crippen molar-refractivity contribution in [1.82, 2.24) is 15.1 Å². The predicted octanol–water partition coefficient (Wildman–Crippen LogP) is 4.10. The summed E-state index contributed by atoms with van der Waals surface area (Å²) in [4.78, 5) is 14.2. The van der Waals surface area contributed by atoms with Gasteiger partial charge in [-0.05, 0) is 30.7 Å². The summed E-state index contributed by atoms with van der Waals surface area (Å²) in [5.74, 6) is -0.251. The zero-order chi connectivity index (χ0) is 15.4. The Morgan fingerprint density at radius 3 is 2.62 bits per heavy atom. The third-order valence-corrected chi connectivity index (χ3v) is 3.58. The van der Waals surface area contributed by atoms with Crippen molar-refractivity contribution < 1.29 is 4.79 Å². The van der Waals surface area contributed by atoms with Gasteiger partial charge in [-0.2, -0.15) is 0 Å². The van der Waals surface area contributed by atoms with E-state index in [4.69, 9.17) is 34.8 Å². The maximum atomic E-state index is 12.5. The van der Waals surface area contributed by atoms with Gasteiger partial charge >= 0.3 is 0 Å². The quantitative estimate of drug-likeness (QED) is 0.839. The Balaban J connectivity index is 2.24. The van der Waals surface area contributed by atoms with Crippen LogP contribution in [-0.4, -0.2) is 27.5 Å². The summed E-state index contributed by atoms with van der Waals surface area (Å²) in [6.07, 6.45) is 0. The number of hydrogen-bond donors (Lipinski definition) is 0. The minimum absolute atomic E-state index is 0.0361. The smallest absolute Gasteiger partial charge is 0.257 e. The van der Waals surface area contributed by atoms with Gasteiger partial charge in [0.05, 0.1) is 5.56 Å². The van der Waals surface area contributed by atoms with E-state index in [1.165, 1.54) is 6.07 Å². The van der Waals surface area contributed by atoms with Gasteiger partial charge in [-0.3, -0.25) is 4.79 Å². The number of halogens is 3. The number of aromatic nitrogens is 2. The van der Waals surface area contributed by atoms with Crippen LogP contribution in [0.15, 0.2) is 30.3 Å². The molecule has 21 heavy (non-hydrogen) atoms. The van der Waals surface area contributed by atoms with Crippen LogP contribution in [0.1, 0.15) is 22.8 Å². The van der Waals surface area contributed by atoms with E-state index in [2.05, 4.69) is 10.2 Å². The number of rotatable bonds is 4. The van der Waals surface area contributed by atoms with Crippen molar-refractivity contribution in [2.75, 3.05) is 6.54 Å². The lowest BCUT2D eigenvalue weighted by molar-refractivity contribution is 0.0752. The van der Waals surface area contributed by atoms with E-state index < -0.39 is 0 Å². The molecule has 2 rings (SSSR count). The predicted molar refractivity (Wildman–Crippen MR) is 83.9 cm³/mol. The molecule has 0 unspecified atom stereocenters. The van der Waals surface area contributed by atoms with Crippen molar-refractivity contribution in [3.05, 3.63) is 56.8 Å². The molecule has 0 aliphatic heterocycles. The molecule has 7 heteroatoms. The maximum Gasteiger partial charge on any atom is 0.257 e. The molecule has 0 spiro atoms. The third kappa shape index (κ3) is 4.06. The van der Waals surface area contributed by atoms with Crippen molar-refractivity contribution in [3.8, 4) is 0 Å². The SMILES string of the molecule is CCN(Cc1cccc(Cl)c1)C(=O)c1cc(Cl)nnc1Cl. The zero-order valence-electron chi connectivity index (χ0n) is 11.2. The average molecular weight is 345 g/mol. The van der Waals surface area contributed by atoms with E-state index >= 15 is 0 Å². The minimum Gasteiger partial charge on any atom is -0.334 e. The Hall–Kier alpha value is -1.36. The Kier molecular flexibility index (Phi) is 5.39. The number of carbonyl (C=O) groups excluding carboxylic acids is 1. The van der Waals surface area contributed by atoms with Crippen LogP contribution in [-0.2, 0) is 6.54 Å². The molecular formula is C14H12Cl3N3O. The number of hydrogen-bond acceptors (Lipinski definition) is 3. The molecule has 0 atom stereocenters. The Bertz CT molecular complexity index is 664. The van der Waals surface area contributed by atoms with Gasteiger partial charge in [0, 0.05) is 18.1 Å². The van der Waals surface area contributed by atoms with Crippen LogP contribution in [0.25, 0.3) is 0 Å². The molecule has 0 aliphatic rings. The highest BCUT2D eigenvalue weighted by molar-refractivity contribution is 6.34. The molecular weight excluding hydrogens is 333 g/mol. The average Bonchev–Trinajstić information content (AvgIpc) is 2.46. The summed E-state index contributed by atoms with van der Waals surface area (Å²) in [6.45, 7) is 2.82. The number of benzene rings is 1. The van der Waals surface area contributed by atoms with Crippen molar-refractivity contribution in [1.29, 1.82) is 0 Å². The van der Waals surface area contributed by atoms with E-state index in [-0.39, 0.29) is 21.8 Å². The van der Waals surface area contributed by atoms with Crippen LogP contribution in [0, 0.1) is 0 Å². The molecule has 1 aromatic heterocycles. The van der Waals surface area contributed by atoms with Gasteiger partial charge in [0.25, 0.3) is 5.91 Å². The summed E-state index contributed by atoms with van der Waals surface area (Å²) in [5.41, 5.74) is 1.17. The molecule has 0 saturated heterocycles. The standard InChI is InChI=1S/C14H12Cl3N3O/c1-2-20(8-9-4-3-5-10(15)6-9)14(21)11-7-12(16)18-19-13(11)17/h3-7H,2,8H2,1H3. The Morgan fingerprint density at radius 2 is 1.95 bits per heavy atom. The van der Waals surface area contributed by atoms with Crippen molar-refractivity contribution in [3.63, 3.8) is 0 Å². The van der Waals surface area contributed by atoms with Crippen LogP contribution in [0.3, 0.4) is 0 Å². The van der Waals surface area contributed by atoms with Crippen LogP contribution in [0.4, 0.5) is 0 Å². The largest absolute Gasteiger partial charge is 0.334 e. The fourth-order valence-corrected chi connectivity index (χ4v) is 2.39. The summed E-state index contributed by atoms with van der Waals surface area (Å²) < 4.78 is 0. The summed E-state index contributed by atoms with van der Waals surface area (Å²) in [5, 5.41) is 8.04. The summed E-state index contributed by atoms with van der Waals surface area (Å²) in [6, 6.07) is 8.76. The number of amides is 1. The van der Waals surface area contributed by atoms with Crippen LogP contribution in [0.5, 0.6) is 0 Å². The molecule has 0 bridgehead atoms. The fourth-order valence-electron chi connectivity index (χ4n) is 1.86. The fraction of sp³-hybridized carbons (Fsp3) is 0.214. The van der Waals surface area contributed by atoms with E-state index in [1.807, 2.05) is 25.1 Å². The van der Waals surface area contributed by atoms with Crippen molar-refractivity contribution in [2.45, 2.75) is 13.5 Å². The molecule has 2 aromatic rings. The highest BCUT2D eigenvalue weighted by Gasteiger charge is 2.19. The van der Waals surface area contributed by atoms with Crippen molar-refractivity contribution in [2.24, 2.45) is 0 Å². The minimum atomic E-state index is -0.251. The molecule has 4 nitrogen and oxygen atoms in total. The first-order valence-corrected chi connectivity index (χ1v) is 7.37. The molecule has 1 amide bonds. The van der Waals surface area contributed by atoms with Crippen molar-refractivity contribution >= 4 is 40.7 Å². The first-order chi connectivity index (χ1) is 10.0. The second-order valence-electron chi connectivity index (χ2n) is 4.32. The van der Waals surface area contributed by atoms with Gasteiger partial charge in [0.2, 0.25) is 0 Å². The van der Waals surface area contributed by atoms with Gasteiger partial charge < -0.3 is 4.90 Å². The van der Waals surface area contributed by atoms with Crippen LogP contribution in [0.2, 0.25) is 15.3 Å². The number of nitrogens with zero attached hydrogens (tertiary/aromatic N) is 3. The van der Waals surface area contributed by atoms with Gasteiger partial charge in [-0.25, -0.2) is 0 Å². The molecule has 0 fully saturated rings. The van der Waals surface area contributed by atoms with Gasteiger partial charge in [-0.15, -0.1) is 10.2 Å². The molecule has 0 radical (unpaired) electrons. The first kappa shape index (κ1) is 16.0. The lowest BCUT2D eigenvalue weighted by atomic mass is 10.2. The van der Waals surface area contributed by atoms with Crippen LogP contribution < -0.4 is 0 Å². The van der Waals surface area contributed by atoms with E-state index in [0.717, 1.165) is 5.56 Å². The molecule has 1 heterocycles. The lowest BCUT2D eigenvalue weighted by Gasteiger charge is -2.21. The van der Waals surface area contributed by atoms with E-state index in [0.29, 0.717) is 18.1 Å². The normalized spacial score (nSPS) is 10.5. The monoisotopic (exact) mass is 343 g/mol. The van der Waals surface area contributed by atoms with Crippen LogP contribution >= 0.6 is 34.8 Å². The Morgan fingerprint density at radius 1 is 1.19 bits per heavy atom. The highest BCUT2D eigenvalue weighted by atomic mass is 35.5. The highest BCUT2D eigenvalue weighted by Crippen LogP contribution is 2.19. The molecule has 0 aliphatic carbocycles. The molecule has 1 aromatic carbocycles. The summed E-state index contributed by atoms with van der Waals surface area (Å²) in [7, 11) is 0. The molecule has 0 saturated carbocycles. The first-order valence-electron chi connectivity index (χ1n) is 6.23. The Labute approximate surface area is 137 Å². The molecule has 110 valence electrons. The lowest BCUT2D eigenvalue weighted by Crippen LogP contribution is -2.30. The zero-order valence-corrected chi connectivity index (χ0v) is 13.5. The third-order valence-electron chi connectivity index (χ3n) is 2.88. The second kappa shape index (κ2) is 7.07. The van der Waals surface area contributed by atoms with Gasteiger partial charge in [0.15, 0.2) is 10.3 Å². The summed E-state index contributed by atoms with van der Waals surface area (Å²) >= 11 is 17.6. The van der Waals surface area contributed by atoms with Gasteiger partial charge in [0.1, 0.15) is 0 Å². The maximum absolute atomic E-state index is 12.5. The van der Waals surface area contributed by atoms with E-state index in [9.17, 15) is 4.79 Å².